The third-order valence-electron chi connectivity index (χ3n) is 2.47. The first-order valence-corrected chi connectivity index (χ1v) is 6.31. The third-order valence-corrected chi connectivity index (χ3v) is 2.77. The number of benzene rings is 1. The first-order valence-electron chi connectivity index (χ1n) is 5.93. The van der Waals surface area contributed by atoms with Crippen LogP contribution in [-0.4, -0.2) is 32.6 Å². The lowest BCUT2D eigenvalue weighted by molar-refractivity contribution is -0.119. The lowest BCUT2D eigenvalue weighted by Gasteiger charge is -2.13. The highest BCUT2D eigenvalue weighted by molar-refractivity contribution is 6.32. The lowest BCUT2D eigenvalue weighted by atomic mass is 10.2. The second-order valence-electron chi connectivity index (χ2n) is 3.97. The standard InChI is InChI=1S/C13H17ClN2O4/c1-8(17)15-5-4-13(18)16-10-7-11(19-2)9(14)6-12(10)20-3/h6-7H,4-5H2,1-3H3,(H,15,17)(H,16,18). The van der Waals surface area contributed by atoms with E-state index >= 15 is 0 Å². The van der Waals surface area contributed by atoms with E-state index in [1.165, 1.54) is 21.1 Å². The Morgan fingerprint density at radius 1 is 1.20 bits per heavy atom. The van der Waals surface area contributed by atoms with E-state index in [9.17, 15) is 9.59 Å². The fraction of sp³-hybridized carbons (Fsp3) is 0.385. The van der Waals surface area contributed by atoms with Gasteiger partial charge in [0.1, 0.15) is 11.5 Å². The molecule has 2 amide bonds. The predicted molar refractivity (Wildman–Crippen MR) is 76.5 cm³/mol. The molecule has 0 aliphatic heterocycles. The highest BCUT2D eigenvalue weighted by atomic mass is 35.5. The molecule has 0 aliphatic carbocycles. The summed E-state index contributed by atoms with van der Waals surface area (Å²) >= 11 is 5.97. The topological polar surface area (TPSA) is 76.7 Å². The van der Waals surface area contributed by atoms with Gasteiger partial charge < -0.3 is 20.1 Å². The number of amides is 2. The zero-order valence-electron chi connectivity index (χ0n) is 11.6. The van der Waals surface area contributed by atoms with Crippen LogP contribution in [0.5, 0.6) is 11.5 Å². The monoisotopic (exact) mass is 300 g/mol. The van der Waals surface area contributed by atoms with Crippen molar-refractivity contribution in [2.75, 3.05) is 26.1 Å². The van der Waals surface area contributed by atoms with Crippen LogP contribution < -0.4 is 20.1 Å². The van der Waals surface area contributed by atoms with Crippen LogP contribution in [0.25, 0.3) is 0 Å². The summed E-state index contributed by atoms with van der Waals surface area (Å²) in [7, 11) is 2.96. The highest BCUT2D eigenvalue weighted by Crippen LogP contribution is 2.35. The molecule has 6 nitrogen and oxygen atoms in total. The van der Waals surface area contributed by atoms with Crippen molar-refractivity contribution in [2.45, 2.75) is 13.3 Å². The smallest absolute Gasteiger partial charge is 0.226 e. The van der Waals surface area contributed by atoms with E-state index in [1.807, 2.05) is 0 Å². The van der Waals surface area contributed by atoms with E-state index in [0.717, 1.165) is 0 Å². The number of hydrogen-bond donors (Lipinski definition) is 2. The van der Waals surface area contributed by atoms with Crippen molar-refractivity contribution in [2.24, 2.45) is 0 Å². The predicted octanol–water partition coefficient (Wildman–Crippen LogP) is 1.82. The molecule has 0 spiro atoms. The van der Waals surface area contributed by atoms with E-state index < -0.39 is 0 Å². The maximum absolute atomic E-state index is 11.8. The average molecular weight is 301 g/mol. The minimum atomic E-state index is -0.249. The molecular weight excluding hydrogens is 284 g/mol. The van der Waals surface area contributed by atoms with Crippen molar-refractivity contribution in [3.63, 3.8) is 0 Å². The van der Waals surface area contributed by atoms with Crippen LogP contribution in [0, 0.1) is 0 Å². The molecule has 1 rings (SSSR count). The molecule has 110 valence electrons. The van der Waals surface area contributed by atoms with Gasteiger partial charge in [-0.1, -0.05) is 11.6 Å². The maximum atomic E-state index is 11.8. The van der Waals surface area contributed by atoms with Gasteiger partial charge in [0.2, 0.25) is 11.8 Å². The van der Waals surface area contributed by atoms with Gasteiger partial charge in [-0.3, -0.25) is 9.59 Å². The van der Waals surface area contributed by atoms with Crippen LogP contribution >= 0.6 is 11.6 Å². The molecule has 0 atom stereocenters. The molecule has 2 N–H and O–H groups in total. The minimum absolute atomic E-state index is 0.160. The van der Waals surface area contributed by atoms with Crippen LogP contribution in [0.4, 0.5) is 5.69 Å². The van der Waals surface area contributed by atoms with E-state index in [1.54, 1.807) is 12.1 Å². The van der Waals surface area contributed by atoms with Crippen LogP contribution in [0.2, 0.25) is 5.02 Å². The van der Waals surface area contributed by atoms with Crippen molar-refractivity contribution in [1.29, 1.82) is 0 Å². The van der Waals surface area contributed by atoms with Gasteiger partial charge in [-0.2, -0.15) is 0 Å². The summed E-state index contributed by atoms with van der Waals surface area (Å²) in [5.41, 5.74) is 0.460. The zero-order chi connectivity index (χ0) is 15.1. The molecule has 0 saturated carbocycles. The van der Waals surface area contributed by atoms with Gasteiger partial charge in [-0.05, 0) is 0 Å². The second kappa shape index (κ2) is 7.59. The van der Waals surface area contributed by atoms with Crippen LogP contribution in [0.3, 0.4) is 0 Å². The van der Waals surface area contributed by atoms with Crippen LogP contribution in [0.15, 0.2) is 12.1 Å². The van der Waals surface area contributed by atoms with Crippen molar-refractivity contribution >= 4 is 29.1 Å². The Bertz CT molecular complexity index is 505. The fourth-order valence-electron chi connectivity index (χ4n) is 1.52. The molecule has 0 aliphatic rings. The number of rotatable bonds is 6. The largest absolute Gasteiger partial charge is 0.495 e. The van der Waals surface area contributed by atoms with Gasteiger partial charge in [-0.15, -0.1) is 0 Å². The fourth-order valence-corrected chi connectivity index (χ4v) is 1.75. The van der Waals surface area contributed by atoms with Crippen molar-refractivity contribution in [3.8, 4) is 11.5 Å². The number of hydrogen-bond acceptors (Lipinski definition) is 4. The molecule has 0 radical (unpaired) electrons. The molecule has 0 aromatic heterocycles. The Labute approximate surface area is 122 Å². The Hall–Kier alpha value is -1.95. The Morgan fingerprint density at radius 2 is 1.85 bits per heavy atom. The van der Waals surface area contributed by atoms with E-state index in [2.05, 4.69) is 10.6 Å². The molecule has 0 fully saturated rings. The van der Waals surface area contributed by atoms with Gasteiger partial charge in [0, 0.05) is 32.0 Å². The molecule has 1 aromatic carbocycles. The number of methoxy groups -OCH3 is 2. The summed E-state index contributed by atoms with van der Waals surface area (Å²) < 4.78 is 10.2. The van der Waals surface area contributed by atoms with Crippen molar-refractivity contribution in [3.05, 3.63) is 17.2 Å². The highest BCUT2D eigenvalue weighted by Gasteiger charge is 2.12. The van der Waals surface area contributed by atoms with Gasteiger partial charge >= 0.3 is 0 Å². The normalized spacial score (nSPS) is 9.80. The summed E-state index contributed by atoms with van der Waals surface area (Å²) in [5, 5.41) is 5.62. The first-order chi connectivity index (χ1) is 9.47. The van der Waals surface area contributed by atoms with E-state index in [4.69, 9.17) is 21.1 Å². The number of carbonyl (C=O) groups excluding carboxylic acids is 2. The zero-order valence-corrected chi connectivity index (χ0v) is 12.3. The Balaban J connectivity index is 2.75. The molecule has 0 unspecified atom stereocenters. The summed E-state index contributed by atoms with van der Waals surface area (Å²) in [6.07, 6.45) is 0.160. The summed E-state index contributed by atoms with van der Waals surface area (Å²) in [6.45, 7) is 1.67. The molecule has 20 heavy (non-hydrogen) atoms. The molecule has 0 bridgehead atoms. The van der Waals surface area contributed by atoms with Crippen LogP contribution in [0.1, 0.15) is 13.3 Å². The summed E-state index contributed by atoms with van der Waals surface area (Å²) in [4.78, 5) is 22.5. The average Bonchev–Trinajstić information content (AvgIpc) is 2.39. The Kier molecular flexibility index (Phi) is 6.11. The summed E-state index contributed by atoms with van der Waals surface area (Å²) in [6, 6.07) is 3.14. The maximum Gasteiger partial charge on any atom is 0.226 e. The van der Waals surface area contributed by atoms with E-state index in [-0.39, 0.29) is 24.8 Å². The van der Waals surface area contributed by atoms with Crippen molar-refractivity contribution < 1.29 is 19.1 Å². The minimum Gasteiger partial charge on any atom is -0.495 e. The third kappa shape index (κ3) is 4.62. The molecule has 0 saturated heterocycles. The van der Waals surface area contributed by atoms with Gasteiger partial charge in [-0.25, -0.2) is 0 Å². The number of ether oxygens (including phenoxy) is 2. The van der Waals surface area contributed by atoms with Crippen LogP contribution in [-0.2, 0) is 9.59 Å². The molecular formula is C13H17ClN2O4. The molecule has 7 heteroatoms. The Morgan fingerprint density at radius 3 is 2.40 bits per heavy atom. The van der Waals surface area contributed by atoms with Gasteiger partial charge in [0.15, 0.2) is 0 Å². The second-order valence-corrected chi connectivity index (χ2v) is 4.38. The molecule has 1 aromatic rings. The van der Waals surface area contributed by atoms with Crippen molar-refractivity contribution in [1.82, 2.24) is 5.32 Å². The number of nitrogens with one attached hydrogen (secondary N) is 2. The van der Waals surface area contributed by atoms with Gasteiger partial charge in [0.25, 0.3) is 0 Å². The number of anilines is 1. The molecule has 0 heterocycles. The van der Waals surface area contributed by atoms with E-state index in [0.29, 0.717) is 22.2 Å². The number of carbonyl (C=O) groups is 2. The van der Waals surface area contributed by atoms with Gasteiger partial charge in [0.05, 0.1) is 24.9 Å². The summed E-state index contributed by atoms with van der Waals surface area (Å²) in [5.74, 6) is 0.443. The lowest BCUT2D eigenvalue weighted by Crippen LogP contribution is -2.25. The quantitative estimate of drug-likeness (QED) is 0.840. The first kappa shape index (κ1) is 16.1. The SMILES string of the molecule is COc1cc(NC(=O)CCNC(C)=O)c(OC)cc1Cl. The number of halogens is 1.